The van der Waals surface area contributed by atoms with Crippen LogP contribution in [0.25, 0.3) is 11.5 Å². The van der Waals surface area contributed by atoms with Crippen LogP contribution in [-0.4, -0.2) is 27.2 Å². The summed E-state index contributed by atoms with van der Waals surface area (Å²) in [7, 11) is 1.15. The molecule has 0 aliphatic carbocycles. The van der Waals surface area contributed by atoms with E-state index in [1.165, 1.54) is 12.1 Å². The van der Waals surface area contributed by atoms with Crippen molar-refractivity contribution >= 4 is 23.1 Å². The number of hydrogen-bond acceptors (Lipinski definition) is 9. The summed E-state index contributed by atoms with van der Waals surface area (Å²) in [6, 6.07) is 11.6. The van der Waals surface area contributed by atoms with Crippen molar-refractivity contribution in [3.05, 3.63) is 68.3 Å². The van der Waals surface area contributed by atoms with Gasteiger partial charge in [0, 0.05) is 23.4 Å². The first-order valence-corrected chi connectivity index (χ1v) is 8.49. The molecule has 1 aromatic heterocycles. The van der Waals surface area contributed by atoms with Crippen LogP contribution < -0.4 is 4.74 Å². The third kappa shape index (κ3) is 4.03. The Labute approximate surface area is 156 Å². The number of rotatable bonds is 7. The lowest BCUT2D eigenvalue weighted by molar-refractivity contribution is -0.395. The minimum atomic E-state index is -0.722. The molecule has 0 amide bonds. The summed E-state index contributed by atoms with van der Waals surface area (Å²) >= 11 is 1.12. The number of ether oxygens (including phenoxy) is 1. The molecule has 0 aliphatic heterocycles. The quantitative estimate of drug-likeness (QED) is 0.336. The SMILES string of the molecule is COc1c([N+](=O)[O-])cc(CSc2nnc(-c3ccccc3)o2)cc1[N+](=O)[O-]. The summed E-state index contributed by atoms with van der Waals surface area (Å²) in [5, 5.41) is 30.5. The van der Waals surface area contributed by atoms with Crippen LogP contribution in [0.5, 0.6) is 5.75 Å². The summed E-state index contributed by atoms with van der Waals surface area (Å²) in [5.41, 5.74) is 0.168. The second-order valence-electron chi connectivity index (χ2n) is 5.21. The van der Waals surface area contributed by atoms with Crippen molar-refractivity contribution < 1.29 is 19.0 Å². The number of aromatic nitrogens is 2. The maximum Gasteiger partial charge on any atom is 0.318 e. The van der Waals surface area contributed by atoms with Gasteiger partial charge in [-0.3, -0.25) is 20.2 Å². The summed E-state index contributed by atoms with van der Waals surface area (Å²) in [5.74, 6) is 0.120. The van der Waals surface area contributed by atoms with Gasteiger partial charge in [-0.25, -0.2) is 0 Å². The molecule has 3 rings (SSSR count). The second-order valence-corrected chi connectivity index (χ2v) is 6.14. The fraction of sp³-hybridized carbons (Fsp3) is 0.125. The predicted molar refractivity (Wildman–Crippen MR) is 95.6 cm³/mol. The highest BCUT2D eigenvalue weighted by Gasteiger charge is 2.28. The Balaban J connectivity index is 1.83. The molecule has 0 radical (unpaired) electrons. The minimum Gasteiger partial charge on any atom is -0.485 e. The van der Waals surface area contributed by atoms with E-state index >= 15 is 0 Å². The van der Waals surface area contributed by atoms with Crippen molar-refractivity contribution in [3.63, 3.8) is 0 Å². The van der Waals surface area contributed by atoms with Gasteiger partial charge < -0.3 is 9.15 Å². The van der Waals surface area contributed by atoms with Crippen LogP contribution >= 0.6 is 11.8 Å². The average Bonchev–Trinajstić information content (AvgIpc) is 3.15. The van der Waals surface area contributed by atoms with E-state index in [-0.39, 0.29) is 16.7 Å². The highest BCUT2D eigenvalue weighted by atomic mass is 32.2. The third-order valence-corrected chi connectivity index (χ3v) is 4.39. The lowest BCUT2D eigenvalue weighted by atomic mass is 10.1. The molecule has 0 N–H and O–H groups in total. The number of thioether (sulfide) groups is 1. The summed E-state index contributed by atoms with van der Waals surface area (Å²) < 4.78 is 10.4. The molecule has 3 aromatic rings. The molecule has 0 unspecified atom stereocenters. The summed E-state index contributed by atoms with van der Waals surface area (Å²) in [6.45, 7) is 0. The molecule has 11 heteroatoms. The Hall–Kier alpha value is -3.47. The van der Waals surface area contributed by atoms with Crippen LogP contribution in [0.1, 0.15) is 5.56 Å². The lowest BCUT2D eigenvalue weighted by Gasteiger charge is -2.05. The molecule has 1 heterocycles. The fourth-order valence-corrected chi connectivity index (χ4v) is 3.02. The molecular formula is C16H12N4O6S. The highest BCUT2D eigenvalue weighted by molar-refractivity contribution is 7.98. The van der Waals surface area contributed by atoms with Crippen LogP contribution in [0.15, 0.2) is 52.1 Å². The van der Waals surface area contributed by atoms with Crippen molar-refractivity contribution in [3.8, 4) is 17.2 Å². The van der Waals surface area contributed by atoms with E-state index in [9.17, 15) is 20.2 Å². The number of nitro benzene ring substituents is 2. The van der Waals surface area contributed by atoms with Crippen LogP contribution in [0.2, 0.25) is 0 Å². The molecule has 0 saturated heterocycles. The lowest BCUT2D eigenvalue weighted by Crippen LogP contribution is -2.00. The zero-order chi connectivity index (χ0) is 19.4. The first-order valence-electron chi connectivity index (χ1n) is 7.51. The predicted octanol–water partition coefficient (Wildman–Crippen LogP) is 3.85. The molecule has 0 atom stereocenters. The van der Waals surface area contributed by atoms with Crippen molar-refractivity contribution in [2.45, 2.75) is 11.0 Å². The van der Waals surface area contributed by atoms with Crippen molar-refractivity contribution in [2.24, 2.45) is 0 Å². The fourth-order valence-electron chi connectivity index (χ4n) is 2.33. The number of nitrogens with zero attached hydrogens (tertiary/aromatic N) is 4. The maximum atomic E-state index is 11.2. The van der Waals surface area contributed by atoms with Crippen LogP contribution in [0.4, 0.5) is 11.4 Å². The van der Waals surface area contributed by atoms with Gasteiger partial charge in [0.1, 0.15) is 0 Å². The van der Waals surface area contributed by atoms with Gasteiger partial charge in [0.05, 0.1) is 17.0 Å². The Morgan fingerprint density at radius 3 is 2.26 bits per heavy atom. The minimum absolute atomic E-state index is 0.169. The number of methoxy groups -OCH3 is 1. The largest absolute Gasteiger partial charge is 0.485 e. The number of nitro groups is 2. The number of benzene rings is 2. The van der Waals surface area contributed by atoms with Crippen LogP contribution in [-0.2, 0) is 5.75 Å². The Kier molecular flexibility index (Phi) is 5.31. The third-order valence-electron chi connectivity index (χ3n) is 3.50. The van der Waals surface area contributed by atoms with Gasteiger partial charge in [-0.15, -0.1) is 10.2 Å². The summed E-state index contributed by atoms with van der Waals surface area (Å²) in [4.78, 5) is 21.0. The molecule has 0 fully saturated rings. The van der Waals surface area contributed by atoms with E-state index in [1.54, 1.807) is 0 Å². The van der Waals surface area contributed by atoms with E-state index in [4.69, 9.17) is 9.15 Å². The highest BCUT2D eigenvalue weighted by Crippen LogP contribution is 2.39. The van der Waals surface area contributed by atoms with Gasteiger partial charge in [0.2, 0.25) is 5.89 Å². The molecule has 0 spiro atoms. The van der Waals surface area contributed by atoms with Gasteiger partial charge in [-0.2, -0.15) is 0 Å². The van der Waals surface area contributed by atoms with Crippen molar-refractivity contribution in [2.75, 3.05) is 7.11 Å². The molecule has 10 nitrogen and oxygen atoms in total. The van der Waals surface area contributed by atoms with E-state index < -0.39 is 21.2 Å². The zero-order valence-electron chi connectivity index (χ0n) is 13.9. The normalized spacial score (nSPS) is 10.6. The van der Waals surface area contributed by atoms with E-state index in [2.05, 4.69) is 10.2 Å². The van der Waals surface area contributed by atoms with Gasteiger partial charge in [-0.05, 0) is 17.7 Å². The molecule has 0 bridgehead atoms. The Morgan fingerprint density at radius 1 is 1.07 bits per heavy atom. The maximum absolute atomic E-state index is 11.2. The van der Waals surface area contributed by atoms with Crippen molar-refractivity contribution in [1.82, 2.24) is 10.2 Å². The molecule has 0 saturated carbocycles. The second kappa shape index (κ2) is 7.83. The average molecular weight is 388 g/mol. The smallest absolute Gasteiger partial charge is 0.318 e. The monoisotopic (exact) mass is 388 g/mol. The topological polar surface area (TPSA) is 134 Å². The van der Waals surface area contributed by atoms with E-state index in [0.717, 1.165) is 24.4 Å². The molecule has 27 heavy (non-hydrogen) atoms. The first-order chi connectivity index (χ1) is 13.0. The Morgan fingerprint density at radius 2 is 1.70 bits per heavy atom. The van der Waals surface area contributed by atoms with Gasteiger partial charge in [-0.1, -0.05) is 30.0 Å². The zero-order valence-corrected chi connectivity index (χ0v) is 14.7. The standard InChI is InChI=1S/C16H12N4O6S/c1-25-14-12(19(21)22)7-10(8-13(14)20(23)24)9-27-16-18-17-15(26-16)11-5-3-2-4-6-11/h2-8H,9H2,1H3. The van der Waals surface area contributed by atoms with Gasteiger partial charge in [0.25, 0.3) is 11.0 Å². The number of hydrogen-bond donors (Lipinski definition) is 0. The Bertz CT molecular complexity index is 957. The first kappa shape index (κ1) is 18.3. The van der Waals surface area contributed by atoms with E-state index in [1.807, 2.05) is 30.3 Å². The van der Waals surface area contributed by atoms with E-state index in [0.29, 0.717) is 11.5 Å². The molecule has 138 valence electrons. The molecular weight excluding hydrogens is 376 g/mol. The molecule has 0 aliphatic rings. The van der Waals surface area contributed by atoms with Crippen molar-refractivity contribution in [1.29, 1.82) is 0 Å². The molecule has 2 aromatic carbocycles. The van der Waals surface area contributed by atoms with Crippen LogP contribution in [0.3, 0.4) is 0 Å². The van der Waals surface area contributed by atoms with Gasteiger partial charge >= 0.3 is 11.4 Å². The van der Waals surface area contributed by atoms with Crippen LogP contribution in [0, 0.1) is 20.2 Å². The summed E-state index contributed by atoms with van der Waals surface area (Å²) in [6.07, 6.45) is 0. The van der Waals surface area contributed by atoms with Gasteiger partial charge in [0.15, 0.2) is 0 Å².